The number of hydrogen-bond donors (Lipinski definition) is 3. The van der Waals surface area contributed by atoms with Gasteiger partial charge in [-0.25, -0.2) is 4.79 Å². The molecule has 1 aromatic heterocycles. The maximum Gasteiger partial charge on any atom is 0.407 e. The second-order valence-electron chi connectivity index (χ2n) is 7.25. The van der Waals surface area contributed by atoms with Crippen LogP contribution in [0.2, 0.25) is 0 Å². The van der Waals surface area contributed by atoms with Gasteiger partial charge in [-0.05, 0) is 44.1 Å². The second kappa shape index (κ2) is 11.7. The molecule has 8 heteroatoms. The van der Waals surface area contributed by atoms with Crippen LogP contribution in [0.1, 0.15) is 45.4 Å². The number of aliphatic imine (C=N–C) groups is 1. The Hall–Kier alpha value is -1.03. The summed E-state index contributed by atoms with van der Waals surface area (Å²) in [5.74, 6) is 1.31. The monoisotopic (exact) mass is 508 g/mol. The maximum absolute atomic E-state index is 11.7. The zero-order valence-corrected chi connectivity index (χ0v) is 19.9. The molecule has 6 nitrogen and oxygen atoms in total. The average molecular weight is 508 g/mol. The topological polar surface area (TPSA) is 74.8 Å². The van der Waals surface area contributed by atoms with Gasteiger partial charge >= 0.3 is 6.09 Å². The summed E-state index contributed by atoms with van der Waals surface area (Å²) in [4.78, 5) is 17.8. The molecular formula is C19H33IN4O2S. The molecule has 1 fully saturated rings. The maximum atomic E-state index is 11.7. The van der Waals surface area contributed by atoms with Crippen molar-refractivity contribution in [2.24, 2.45) is 10.9 Å². The Morgan fingerprint density at radius 1 is 1.37 bits per heavy atom. The summed E-state index contributed by atoms with van der Waals surface area (Å²) < 4.78 is 5.02. The first-order chi connectivity index (χ1) is 12.5. The van der Waals surface area contributed by atoms with Gasteiger partial charge in [-0.2, -0.15) is 0 Å². The highest BCUT2D eigenvalue weighted by molar-refractivity contribution is 14.0. The van der Waals surface area contributed by atoms with E-state index in [-0.39, 0.29) is 41.5 Å². The first-order valence-corrected chi connectivity index (χ1v) is 10.3. The predicted molar refractivity (Wildman–Crippen MR) is 123 cm³/mol. The molecule has 1 aromatic rings. The number of carbonyl (C=O) groups excluding carboxylic acids is 1. The van der Waals surface area contributed by atoms with Gasteiger partial charge < -0.3 is 20.7 Å². The number of nitrogens with zero attached hydrogens (tertiary/aromatic N) is 1. The Morgan fingerprint density at radius 3 is 2.67 bits per heavy atom. The lowest BCUT2D eigenvalue weighted by Crippen LogP contribution is -2.48. The van der Waals surface area contributed by atoms with Crippen LogP contribution in [0, 0.1) is 5.92 Å². The van der Waals surface area contributed by atoms with E-state index in [1.54, 1.807) is 11.3 Å². The summed E-state index contributed by atoms with van der Waals surface area (Å²) in [6.07, 6.45) is 1.96. The van der Waals surface area contributed by atoms with Gasteiger partial charge in [-0.3, -0.25) is 4.99 Å². The molecule has 0 aliphatic heterocycles. The second-order valence-corrected chi connectivity index (χ2v) is 8.19. The van der Waals surface area contributed by atoms with E-state index in [0.717, 1.165) is 25.3 Å². The molecule has 0 spiro atoms. The minimum atomic E-state index is -0.341. The molecule has 1 aliphatic rings. The van der Waals surface area contributed by atoms with E-state index in [1.165, 1.54) is 4.88 Å². The zero-order valence-electron chi connectivity index (χ0n) is 16.7. The highest BCUT2D eigenvalue weighted by Gasteiger charge is 2.32. The molecule has 0 radical (unpaired) electrons. The first kappa shape index (κ1) is 24.0. The standard InChI is InChI=1S/C19H32N4O2S.HI/c1-5-20-17(22-13-19(3,4)16-8-7-11-26-16)21-12-15(14-9-10-14)23-18(24)25-6-2;/h7-8,11,14-15H,5-6,9-10,12-13H2,1-4H3,(H,23,24)(H2,20,21,22);1H. The van der Waals surface area contributed by atoms with E-state index in [2.05, 4.69) is 54.2 Å². The van der Waals surface area contributed by atoms with Crippen LogP contribution < -0.4 is 16.0 Å². The molecule has 1 amide bonds. The third kappa shape index (κ3) is 8.25. The van der Waals surface area contributed by atoms with Gasteiger partial charge in [-0.1, -0.05) is 19.9 Å². The summed E-state index contributed by atoms with van der Waals surface area (Å²) in [5.41, 5.74) is -0.00437. The minimum absolute atomic E-state index is 0. The number of ether oxygens (including phenoxy) is 1. The lowest BCUT2D eigenvalue weighted by molar-refractivity contribution is 0.146. The molecule has 154 valence electrons. The SMILES string of the molecule is CCNC(=NCC(C)(C)c1cccs1)NCC(NC(=O)OCC)C1CC1.I. The summed E-state index contributed by atoms with van der Waals surface area (Å²) >= 11 is 1.77. The van der Waals surface area contributed by atoms with Crippen LogP contribution in [-0.4, -0.2) is 44.3 Å². The Kier molecular flexibility index (Phi) is 10.4. The Morgan fingerprint density at radius 2 is 2.11 bits per heavy atom. The third-order valence-electron chi connectivity index (χ3n) is 4.42. The number of amides is 1. The van der Waals surface area contributed by atoms with Gasteiger partial charge in [0.1, 0.15) is 0 Å². The van der Waals surface area contributed by atoms with Gasteiger partial charge in [0.05, 0.1) is 19.2 Å². The lowest BCUT2D eigenvalue weighted by atomic mass is 9.92. The Bertz CT molecular complexity index is 589. The van der Waals surface area contributed by atoms with Crippen molar-refractivity contribution in [1.82, 2.24) is 16.0 Å². The van der Waals surface area contributed by atoms with Crippen LogP contribution in [0.3, 0.4) is 0 Å². The molecule has 1 heterocycles. The summed E-state index contributed by atoms with van der Waals surface area (Å²) in [6.45, 7) is 10.8. The lowest BCUT2D eigenvalue weighted by Gasteiger charge is -2.23. The zero-order chi connectivity index (χ0) is 19.0. The fourth-order valence-corrected chi connectivity index (χ4v) is 3.57. The van der Waals surface area contributed by atoms with E-state index >= 15 is 0 Å². The summed E-state index contributed by atoms with van der Waals surface area (Å²) in [7, 11) is 0. The summed E-state index contributed by atoms with van der Waals surface area (Å²) in [6, 6.07) is 4.31. The smallest absolute Gasteiger partial charge is 0.407 e. The van der Waals surface area contributed by atoms with Crippen molar-refractivity contribution in [2.75, 3.05) is 26.2 Å². The normalized spacial score (nSPS) is 15.5. The number of hydrogen-bond acceptors (Lipinski definition) is 4. The number of guanidine groups is 1. The highest BCUT2D eigenvalue weighted by Crippen LogP contribution is 2.32. The average Bonchev–Trinajstić information content (AvgIpc) is 3.28. The van der Waals surface area contributed by atoms with Gasteiger partial charge in [-0.15, -0.1) is 35.3 Å². The van der Waals surface area contributed by atoms with Crippen LogP contribution in [0.25, 0.3) is 0 Å². The third-order valence-corrected chi connectivity index (χ3v) is 5.66. The van der Waals surface area contributed by atoms with E-state index in [1.807, 2.05) is 6.92 Å². The van der Waals surface area contributed by atoms with Gasteiger partial charge in [0.25, 0.3) is 0 Å². The molecule has 2 rings (SSSR count). The Labute approximate surface area is 184 Å². The van der Waals surface area contributed by atoms with E-state index in [4.69, 9.17) is 9.73 Å². The molecule has 0 saturated heterocycles. The molecule has 0 aromatic carbocycles. The molecule has 27 heavy (non-hydrogen) atoms. The van der Waals surface area contributed by atoms with Crippen LogP contribution in [0.4, 0.5) is 4.79 Å². The van der Waals surface area contributed by atoms with E-state index < -0.39 is 0 Å². The van der Waals surface area contributed by atoms with Crippen molar-refractivity contribution < 1.29 is 9.53 Å². The van der Waals surface area contributed by atoms with Crippen LogP contribution in [0.5, 0.6) is 0 Å². The van der Waals surface area contributed by atoms with Crippen LogP contribution in [0.15, 0.2) is 22.5 Å². The molecular weight excluding hydrogens is 475 g/mol. The highest BCUT2D eigenvalue weighted by atomic mass is 127. The largest absolute Gasteiger partial charge is 0.450 e. The van der Waals surface area contributed by atoms with Crippen molar-refractivity contribution >= 4 is 47.4 Å². The van der Waals surface area contributed by atoms with Crippen LogP contribution in [-0.2, 0) is 10.2 Å². The van der Waals surface area contributed by atoms with Crippen LogP contribution >= 0.6 is 35.3 Å². The number of halogens is 1. The van der Waals surface area contributed by atoms with Crippen molar-refractivity contribution in [2.45, 2.75) is 52.0 Å². The van der Waals surface area contributed by atoms with E-state index in [0.29, 0.717) is 25.6 Å². The molecule has 0 bridgehead atoms. The predicted octanol–water partition coefficient (Wildman–Crippen LogP) is 3.72. The van der Waals surface area contributed by atoms with Crippen molar-refractivity contribution in [1.29, 1.82) is 0 Å². The molecule has 3 N–H and O–H groups in total. The summed E-state index contributed by atoms with van der Waals surface area (Å²) in [5, 5.41) is 11.7. The van der Waals surface area contributed by atoms with Crippen molar-refractivity contribution in [3.63, 3.8) is 0 Å². The number of thiophene rings is 1. The molecule has 1 saturated carbocycles. The van der Waals surface area contributed by atoms with E-state index in [9.17, 15) is 4.79 Å². The van der Waals surface area contributed by atoms with Gasteiger partial charge in [0.2, 0.25) is 0 Å². The Balaban J connectivity index is 0.00000364. The number of carbonyl (C=O) groups is 1. The van der Waals surface area contributed by atoms with Crippen molar-refractivity contribution in [3.05, 3.63) is 22.4 Å². The fourth-order valence-electron chi connectivity index (χ4n) is 2.72. The first-order valence-electron chi connectivity index (χ1n) is 9.45. The molecule has 1 unspecified atom stereocenters. The molecule has 1 aliphatic carbocycles. The fraction of sp³-hybridized carbons (Fsp3) is 0.684. The minimum Gasteiger partial charge on any atom is -0.450 e. The van der Waals surface area contributed by atoms with Gasteiger partial charge in [0.15, 0.2) is 5.96 Å². The number of rotatable bonds is 9. The number of nitrogens with one attached hydrogen (secondary N) is 3. The van der Waals surface area contributed by atoms with Gasteiger partial charge in [0, 0.05) is 23.4 Å². The number of alkyl carbamates (subject to hydrolysis) is 1. The van der Waals surface area contributed by atoms with Crippen molar-refractivity contribution in [3.8, 4) is 0 Å². The molecule has 1 atom stereocenters. The quantitative estimate of drug-likeness (QED) is 0.270.